The monoisotopic (exact) mass is 542 g/mol. The summed E-state index contributed by atoms with van der Waals surface area (Å²) in [5, 5.41) is 1.01. The standard InChI is InChI=1S/C27H38N6O4S/c1-4-7-9-12-17-33-25(36)19-13-10-11-14-20(19)29-27(33)38-18-21(34)31(16-8-5-2)22-23(28)32(15-6-3)26(37)30-24(22)35/h10-11,13-14H,4-9,12,15-18,28H2,1-3H3,(H,30,35,37). The number of para-hydroxylation sites is 1. The number of hydrogen-bond acceptors (Lipinski definition) is 7. The minimum atomic E-state index is -0.689. The minimum Gasteiger partial charge on any atom is -0.383 e. The second-order valence-electron chi connectivity index (χ2n) is 9.26. The summed E-state index contributed by atoms with van der Waals surface area (Å²) in [6.45, 7) is 7.13. The Morgan fingerprint density at radius 1 is 0.974 bits per heavy atom. The Balaban J connectivity index is 1.95. The molecule has 1 aromatic carbocycles. The van der Waals surface area contributed by atoms with E-state index in [1.54, 1.807) is 16.7 Å². The van der Waals surface area contributed by atoms with Gasteiger partial charge in [0.15, 0.2) is 10.8 Å². The van der Waals surface area contributed by atoms with Crippen molar-refractivity contribution >= 4 is 40.1 Å². The summed E-state index contributed by atoms with van der Waals surface area (Å²) in [4.78, 5) is 60.3. The average molecular weight is 543 g/mol. The van der Waals surface area contributed by atoms with Crippen molar-refractivity contribution in [3.63, 3.8) is 0 Å². The first-order valence-electron chi connectivity index (χ1n) is 13.4. The summed E-state index contributed by atoms with van der Waals surface area (Å²) < 4.78 is 2.93. The van der Waals surface area contributed by atoms with E-state index in [1.165, 1.54) is 21.2 Å². The number of aromatic nitrogens is 4. The van der Waals surface area contributed by atoms with Crippen molar-refractivity contribution in [1.82, 2.24) is 19.1 Å². The number of fused-ring (bicyclic) bond motifs is 1. The fourth-order valence-electron chi connectivity index (χ4n) is 4.32. The predicted molar refractivity (Wildman–Crippen MR) is 154 cm³/mol. The third-order valence-electron chi connectivity index (χ3n) is 6.35. The smallest absolute Gasteiger partial charge is 0.330 e. The van der Waals surface area contributed by atoms with E-state index in [1.807, 2.05) is 26.0 Å². The lowest BCUT2D eigenvalue weighted by Crippen LogP contribution is -2.42. The van der Waals surface area contributed by atoms with Crippen LogP contribution in [-0.2, 0) is 17.9 Å². The number of nitrogen functional groups attached to an aromatic ring is 1. The van der Waals surface area contributed by atoms with Crippen LogP contribution in [0, 0.1) is 0 Å². The van der Waals surface area contributed by atoms with Gasteiger partial charge in [0, 0.05) is 19.6 Å². The molecule has 0 spiro atoms. The number of nitrogens with two attached hydrogens (primary N) is 1. The first kappa shape index (κ1) is 29.2. The zero-order valence-corrected chi connectivity index (χ0v) is 23.3. The molecule has 10 nitrogen and oxygen atoms in total. The summed E-state index contributed by atoms with van der Waals surface area (Å²) in [5.74, 6) is -0.413. The number of hydrogen-bond donors (Lipinski definition) is 2. The van der Waals surface area contributed by atoms with Crippen molar-refractivity contribution in [3.8, 4) is 0 Å². The molecule has 2 aromatic heterocycles. The van der Waals surface area contributed by atoms with Crippen molar-refractivity contribution in [1.29, 1.82) is 0 Å². The van der Waals surface area contributed by atoms with Crippen molar-refractivity contribution in [2.45, 2.75) is 84.0 Å². The first-order chi connectivity index (χ1) is 18.3. The van der Waals surface area contributed by atoms with E-state index in [2.05, 4.69) is 11.9 Å². The second kappa shape index (κ2) is 14.0. The first-order valence-corrected chi connectivity index (χ1v) is 14.4. The number of carbonyl (C=O) groups excluding carboxylic acids is 1. The quantitative estimate of drug-likeness (QED) is 0.180. The summed E-state index contributed by atoms with van der Waals surface area (Å²) >= 11 is 1.17. The van der Waals surface area contributed by atoms with E-state index in [0.717, 1.165) is 32.1 Å². The second-order valence-corrected chi connectivity index (χ2v) is 10.2. The van der Waals surface area contributed by atoms with Crippen LogP contribution in [0.1, 0.15) is 65.7 Å². The van der Waals surface area contributed by atoms with Gasteiger partial charge in [0.05, 0.1) is 16.7 Å². The Labute approximate surface area is 226 Å². The molecule has 0 aliphatic carbocycles. The normalized spacial score (nSPS) is 11.2. The van der Waals surface area contributed by atoms with Crippen molar-refractivity contribution < 1.29 is 4.79 Å². The maximum Gasteiger partial charge on any atom is 0.330 e. The number of carbonyl (C=O) groups is 1. The molecule has 11 heteroatoms. The molecule has 3 aromatic rings. The summed E-state index contributed by atoms with van der Waals surface area (Å²) in [6, 6.07) is 7.19. The Morgan fingerprint density at radius 3 is 2.42 bits per heavy atom. The highest BCUT2D eigenvalue weighted by Gasteiger charge is 2.24. The Hall–Kier alpha value is -3.34. The lowest BCUT2D eigenvalue weighted by atomic mass is 10.2. The van der Waals surface area contributed by atoms with E-state index in [4.69, 9.17) is 10.7 Å². The molecule has 206 valence electrons. The topological polar surface area (TPSA) is 136 Å². The third-order valence-corrected chi connectivity index (χ3v) is 7.32. The molecule has 0 atom stereocenters. The number of rotatable bonds is 14. The van der Waals surface area contributed by atoms with Gasteiger partial charge in [-0.05, 0) is 31.4 Å². The van der Waals surface area contributed by atoms with Crippen molar-refractivity contribution in [2.75, 3.05) is 22.9 Å². The highest BCUT2D eigenvalue weighted by Crippen LogP contribution is 2.23. The molecular formula is C27H38N6O4S. The van der Waals surface area contributed by atoms with Crippen LogP contribution in [0.2, 0.25) is 0 Å². The van der Waals surface area contributed by atoms with Crippen LogP contribution in [-0.4, -0.2) is 37.3 Å². The zero-order valence-electron chi connectivity index (χ0n) is 22.5. The maximum absolute atomic E-state index is 13.5. The number of H-pyrrole nitrogens is 1. The van der Waals surface area contributed by atoms with E-state index >= 15 is 0 Å². The number of nitrogens with zero attached hydrogens (tertiary/aromatic N) is 4. The zero-order chi connectivity index (χ0) is 27.7. The third kappa shape index (κ3) is 6.75. The van der Waals surface area contributed by atoms with E-state index in [-0.39, 0.29) is 35.3 Å². The SMILES string of the molecule is CCCCCCn1c(SCC(=O)N(CCCC)c2c(N)n(CCC)c(=O)[nH]c2=O)nc2ccccc2c1=O. The number of anilines is 2. The largest absolute Gasteiger partial charge is 0.383 e. The number of amides is 1. The van der Waals surface area contributed by atoms with Gasteiger partial charge in [-0.15, -0.1) is 0 Å². The van der Waals surface area contributed by atoms with E-state index in [0.29, 0.717) is 42.0 Å². The molecular weight excluding hydrogens is 504 g/mol. The molecule has 0 fully saturated rings. The van der Waals surface area contributed by atoms with Crippen LogP contribution in [0.15, 0.2) is 43.8 Å². The number of thioether (sulfide) groups is 1. The van der Waals surface area contributed by atoms with Gasteiger partial charge in [-0.3, -0.25) is 28.5 Å². The van der Waals surface area contributed by atoms with Gasteiger partial charge < -0.3 is 10.6 Å². The number of nitrogens with one attached hydrogen (secondary N) is 1. The molecule has 0 saturated carbocycles. The number of unbranched alkanes of at least 4 members (excludes halogenated alkanes) is 4. The molecule has 0 bridgehead atoms. The van der Waals surface area contributed by atoms with Crippen LogP contribution in [0.5, 0.6) is 0 Å². The highest BCUT2D eigenvalue weighted by atomic mass is 32.2. The van der Waals surface area contributed by atoms with Crippen molar-refractivity contribution in [2.24, 2.45) is 0 Å². The summed E-state index contributed by atoms with van der Waals surface area (Å²) in [5.41, 5.74) is 5.41. The van der Waals surface area contributed by atoms with Gasteiger partial charge in [0.25, 0.3) is 11.1 Å². The lowest BCUT2D eigenvalue weighted by Gasteiger charge is -2.24. The fraction of sp³-hybridized carbons (Fsp3) is 0.519. The Kier molecular flexibility index (Phi) is 10.8. The maximum atomic E-state index is 13.5. The van der Waals surface area contributed by atoms with E-state index < -0.39 is 11.2 Å². The van der Waals surface area contributed by atoms with Gasteiger partial charge in [0.1, 0.15) is 5.82 Å². The fourth-order valence-corrected chi connectivity index (χ4v) is 5.22. The summed E-state index contributed by atoms with van der Waals surface area (Å²) in [6.07, 6.45) is 6.09. The van der Waals surface area contributed by atoms with Crippen molar-refractivity contribution in [3.05, 3.63) is 55.5 Å². The van der Waals surface area contributed by atoms with Crippen LogP contribution < -0.4 is 27.4 Å². The molecule has 0 saturated heterocycles. The van der Waals surface area contributed by atoms with Crippen LogP contribution in [0.25, 0.3) is 10.9 Å². The average Bonchev–Trinajstić information content (AvgIpc) is 2.90. The molecule has 0 radical (unpaired) electrons. The van der Waals surface area contributed by atoms with Gasteiger partial charge in [-0.25, -0.2) is 9.78 Å². The van der Waals surface area contributed by atoms with Crippen LogP contribution in [0.3, 0.4) is 0 Å². The Bertz CT molecular complexity index is 1430. The number of benzene rings is 1. The molecule has 2 heterocycles. The summed E-state index contributed by atoms with van der Waals surface area (Å²) in [7, 11) is 0. The van der Waals surface area contributed by atoms with Crippen LogP contribution in [0.4, 0.5) is 11.5 Å². The molecule has 0 aliphatic heterocycles. The lowest BCUT2D eigenvalue weighted by molar-refractivity contribution is -0.116. The minimum absolute atomic E-state index is 0.0134. The van der Waals surface area contributed by atoms with Gasteiger partial charge in [-0.2, -0.15) is 0 Å². The predicted octanol–water partition coefficient (Wildman–Crippen LogP) is 3.74. The molecule has 1 amide bonds. The molecule has 0 aliphatic rings. The highest BCUT2D eigenvalue weighted by molar-refractivity contribution is 7.99. The van der Waals surface area contributed by atoms with Gasteiger partial charge >= 0.3 is 5.69 Å². The van der Waals surface area contributed by atoms with Gasteiger partial charge in [0.2, 0.25) is 5.91 Å². The Morgan fingerprint density at radius 2 is 1.71 bits per heavy atom. The van der Waals surface area contributed by atoms with Gasteiger partial charge in [-0.1, -0.05) is 70.3 Å². The number of aromatic amines is 1. The molecule has 3 N–H and O–H groups in total. The van der Waals surface area contributed by atoms with E-state index in [9.17, 15) is 19.2 Å². The molecule has 38 heavy (non-hydrogen) atoms. The molecule has 0 unspecified atom stereocenters. The van der Waals surface area contributed by atoms with Crippen LogP contribution >= 0.6 is 11.8 Å². The molecule has 3 rings (SSSR count).